The van der Waals surface area contributed by atoms with Gasteiger partial charge in [-0.1, -0.05) is 0 Å². The van der Waals surface area contributed by atoms with Crippen molar-refractivity contribution in [1.29, 1.82) is 0 Å². The monoisotopic (exact) mass is 489 g/mol. The maximum Gasteiger partial charge on any atom is 0.271 e. The molecule has 0 radical (unpaired) electrons. The summed E-state index contributed by atoms with van der Waals surface area (Å²) in [5.74, 6) is -0.0797. The summed E-state index contributed by atoms with van der Waals surface area (Å²) in [6.07, 6.45) is 3.19. The first-order valence-electron chi connectivity index (χ1n) is 10.2. The van der Waals surface area contributed by atoms with Gasteiger partial charge in [-0.2, -0.15) is 0 Å². The molecule has 1 aliphatic heterocycles. The minimum atomic E-state index is -3.79. The van der Waals surface area contributed by atoms with E-state index in [1.165, 1.54) is 18.3 Å². The lowest BCUT2D eigenvalue weighted by molar-refractivity contribution is 0.0728. The smallest absolute Gasteiger partial charge is 0.271 e. The van der Waals surface area contributed by atoms with Crippen molar-refractivity contribution in [2.45, 2.75) is 37.3 Å². The number of Topliss-reactive ketones (excluding diaryl/α,β-unsaturated/α-hetero) is 1. The Morgan fingerprint density at radius 1 is 1.09 bits per heavy atom. The second-order valence-electron chi connectivity index (χ2n) is 7.68. The molecule has 1 N–H and O–H groups in total. The molecule has 10 heteroatoms. The highest BCUT2D eigenvalue weighted by Crippen LogP contribution is 2.34. The van der Waals surface area contributed by atoms with Crippen molar-refractivity contribution in [3.8, 4) is 10.6 Å². The largest absolute Gasteiger partial charge is 0.338 e. The molecule has 0 saturated carbocycles. The SMILES string of the molecule is CC(=O)c1ccc(NS(=O)(=O)c2cc(-c3nc(C)c(C(=O)N4CCCCC4)s3)cs2)cc1. The first-order chi connectivity index (χ1) is 15.2. The number of hydrogen-bond donors (Lipinski definition) is 1. The molecule has 1 fully saturated rings. The number of aryl methyl sites for hydroxylation is 1. The summed E-state index contributed by atoms with van der Waals surface area (Å²) in [6, 6.07) is 7.86. The number of sulfonamides is 1. The van der Waals surface area contributed by atoms with Gasteiger partial charge < -0.3 is 4.90 Å². The van der Waals surface area contributed by atoms with Gasteiger partial charge in [-0.3, -0.25) is 14.3 Å². The molecule has 32 heavy (non-hydrogen) atoms. The minimum absolute atomic E-state index is 0.00435. The molecule has 0 spiro atoms. The van der Waals surface area contributed by atoms with Crippen molar-refractivity contribution < 1.29 is 18.0 Å². The van der Waals surface area contributed by atoms with Crippen LogP contribution in [0.15, 0.2) is 39.9 Å². The van der Waals surface area contributed by atoms with Crippen LogP contribution in [0.5, 0.6) is 0 Å². The molecule has 168 valence electrons. The first-order valence-corrected chi connectivity index (χ1v) is 13.4. The van der Waals surface area contributed by atoms with Crippen LogP contribution in [0.2, 0.25) is 0 Å². The Bertz CT molecular complexity index is 1250. The molecule has 1 aliphatic rings. The Balaban J connectivity index is 1.53. The molecule has 3 aromatic rings. The number of ketones is 1. The van der Waals surface area contributed by atoms with E-state index in [1.54, 1.807) is 35.7 Å². The minimum Gasteiger partial charge on any atom is -0.338 e. The third kappa shape index (κ3) is 4.77. The summed E-state index contributed by atoms with van der Waals surface area (Å²) in [6.45, 7) is 4.81. The van der Waals surface area contributed by atoms with Gasteiger partial charge in [0.1, 0.15) is 14.1 Å². The molecule has 0 bridgehead atoms. The van der Waals surface area contributed by atoms with E-state index in [1.807, 2.05) is 11.8 Å². The van der Waals surface area contributed by atoms with Gasteiger partial charge in [-0.25, -0.2) is 13.4 Å². The molecular weight excluding hydrogens is 466 g/mol. The Morgan fingerprint density at radius 3 is 2.44 bits per heavy atom. The Hall–Kier alpha value is -2.56. The van der Waals surface area contributed by atoms with Crippen molar-refractivity contribution in [2.75, 3.05) is 17.8 Å². The second-order valence-corrected chi connectivity index (χ2v) is 11.5. The van der Waals surface area contributed by atoms with E-state index >= 15 is 0 Å². The number of thiophene rings is 1. The van der Waals surface area contributed by atoms with Gasteiger partial charge in [0.05, 0.1) is 5.69 Å². The van der Waals surface area contributed by atoms with Crippen LogP contribution in [0, 0.1) is 6.92 Å². The Morgan fingerprint density at radius 2 is 1.78 bits per heavy atom. The maximum atomic E-state index is 12.9. The lowest BCUT2D eigenvalue weighted by atomic mass is 10.1. The van der Waals surface area contributed by atoms with Gasteiger partial charge in [0.25, 0.3) is 15.9 Å². The van der Waals surface area contributed by atoms with Gasteiger partial charge in [0.15, 0.2) is 5.78 Å². The van der Waals surface area contributed by atoms with Crippen LogP contribution in [0.4, 0.5) is 5.69 Å². The average molecular weight is 490 g/mol. The zero-order valence-electron chi connectivity index (χ0n) is 17.8. The van der Waals surface area contributed by atoms with Crippen LogP contribution in [-0.2, 0) is 10.0 Å². The molecule has 3 heterocycles. The highest BCUT2D eigenvalue weighted by molar-refractivity contribution is 7.94. The van der Waals surface area contributed by atoms with E-state index in [2.05, 4.69) is 9.71 Å². The molecular formula is C22H23N3O4S3. The van der Waals surface area contributed by atoms with Crippen LogP contribution in [-0.4, -0.2) is 43.1 Å². The molecule has 2 aromatic heterocycles. The summed E-state index contributed by atoms with van der Waals surface area (Å²) >= 11 is 2.40. The third-order valence-corrected chi connectivity index (χ3v) is 9.28. The highest BCUT2D eigenvalue weighted by atomic mass is 32.2. The van der Waals surface area contributed by atoms with E-state index in [0.717, 1.165) is 43.7 Å². The summed E-state index contributed by atoms with van der Waals surface area (Å²) in [5.41, 5.74) is 2.23. The van der Waals surface area contributed by atoms with Gasteiger partial charge in [0.2, 0.25) is 0 Å². The van der Waals surface area contributed by atoms with Crippen LogP contribution >= 0.6 is 22.7 Å². The molecule has 4 rings (SSSR count). The maximum absolute atomic E-state index is 12.9. The number of benzene rings is 1. The van der Waals surface area contributed by atoms with Crippen molar-refractivity contribution in [3.63, 3.8) is 0 Å². The number of amides is 1. The lowest BCUT2D eigenvalue weighted by Gasteiger charge is -2.26. The number of carbonyl (C=O) groups excluding carboxylic acids is 2. The summed E-state index contributed by atoms with van der Waals surface area (Å²) in [4.78, 5) is 31.3. The summed E-state index contributed by atoms with van der Waals surface area (Å²) < 4.78 is 28.3. The number of carbonyl (C=O) groups is 2. The van der Waals surface area contributed by atoms with Crippen molar-refractivity contribution in [1.82, 2.24) is 9.88 Å². The highest BCUT2D eigenvalue weighted by Gasteiger charge is 2.24. The Kier molecular flexibility index (Phi) is 6.45. The number of aromatic nitrogens is 1. The molecule has 1 amide bonds. The third-order valence-electron chi connectivity index (χ3n) is 5.26. The Labute approximate surface area is 195 Å². The topological polar surface area (TPSA) is 96.4 Å². The van der Waals surface area contributed by atoms with Crippen LogP contribution in [0.1, 0.15) is 51.9 Å². The molecule has 0 unspecified atom stereocenters. The number of piperidine rings is 1. The van der Waals surface area contributed by atoms with Crippen molar-refractivity contribution in [2.24, 2.45) is 0 Å². The molecule has 1 saturated heterocycles. The standard InChI is InChI=1S/C22H23N3O4S3/c1-14-20(22(27)25-10-4-3-5-11-25)31-21(23-14)17-12-19(30-13-17)32(28,29)24-18-8-6-16(7-9-18)15(2)26/h6-9,12-13,24H,3-5,10-11H2,1-2H3. The zero-order valence-corrected chi connectivity index (χ0v) is 20.2. The zero-order chi connectivity index (χ0) is 22.9. The predicted molar refractivity (Wildman–Crippen MR) is 127 cm³/mol. The molecule has 0 atom stereocenters. The average Bonchev–Trinajstić information content (AvgIpc) is 3.41. The van der Waals surface area contributed by atoms with E-state index in [0.29, 0.717) is 32.4 Å². The van der Waals surface area contributed by atoms with E-state index in [4.69, 9.17) is 0 Å². The number of nitrogens with zero attached hydrogens (tertiary/aromatic N) is 2. The number of rotatable bonds is 6. The number of nitrogens with one attached hydrogen (secondary N) is 1. The van der Waals surface area contributed by atoms with Gasteiger partial charge in [-0.15, -0.1) is 22.7 Å². The van der Waals surface area contributed by atoms with E-state index in [9.17, 15) is 18.0 Å². The molecule has 0 aliphatic carbocycles. The lowest BCUT2D eigenvalue weighted by Crippen LogP contribution is -2.35. The number of likely N-dealkylation sites (tertiary alicyclic amines) is 1. The van der Waals surface area contributed by atoms with Crippen molar-refractivity contribution in [3.05, 3.63) is 51.8 Å². The van der Waals surface area contributed by atoms with E-state index < -0.39 is 10.0 Å². The number of hydrogen-bond acceptors (Lipinski definition) is 7. The number of anilines is 1. The predicted octanol–water partition coefficient (Wildman–Crippen LogP) is 4.81. The normalized spacial score (nSPS) is 14.4. The summed E-state index contributed by atoms with van der Waals surface area (Å²) in [7, 11) is -3.79. The van der Waals surface area contributed by atoms with Crippen LogP contribution < -0.4 is 4.72 Å². The summed E-state index contributed by atoms with van der Waals surface area (Å²) in [5, 5.41) is 2.37. The fourth-order valence-corrected chi connectivity index (χ4v) is 6.83. The van der Waals surface area contributed by atoms with Crippen LogP contribution in [0.3, 0.4) is 0 Å². The number of thiazole rings is 1. The van der Waals surface area contributed by atoms with Gasteiger partial charge in [0, 0.05) is 35.3 Å². The molecule has 7 nitrogen and oxygen atoms in total. The van der Waals surface area contributed by atoms with Crippen molar-refractivity contribution >= 4 is 50.1 Å². The quantitative estimate of drug-likeness (QED) is 0.501. The molecule has 1 aromatic carbocycles. The van der Waals surface area contributed by atoms with Gasteiger partial charge >= 0.3 is 0 Å². The second kappa shape index (κ2) is 9.13. The van der Waals surface area contributed by atoms with Crippen LogP contribution in [0.25, 0.3) is 10.6 Å². The van der Waals surface area contributed by atoms with Gasteiger partial charge in [-0.05, 0) is 63.4 Å². The first kappa shape index (κ1) is 22.6. The fraction of sp³-hybridized carbons (Fsp3) is 0.318. The van der Waals surface area contributed by atoms with E-state index in [-0.39, 0.29) is 15.9 Å². The fourth-order valence-electron chi connectivity index (χ4n) is 3.51.